The largest absolute Gasteiger partial charge is 0.488 e. The fourth-order valence-electron chi connectivity index (χ4n) is 2.57. The summed E-state index contributed by atoms with van der Waals surface area (Å²) in [6.07, 6.45) is 1.26. The third-order valence-electron chi connectivity index (χ3n) is 3.59. The SMILES string of the molecule is CC(=O)c1ccccc1OC1CCCN(C(=O)OC(C)(C)C)C1. The van der Waals surface area contributed by atoms with Crippen molar-refractivity contribution in [2.24, 2.45) is 0 Å². The number of rotatable bonds is 3. The van der Waals surface area contributed by atoms with Gasteiger partial charge in [-0.05, 0) is 52.7 Å². The molecule has 1 aromatic rings. The maximum absolute atomic E-state index is 12.2. The number of para-hydroxylation sites is 1. The van der Waals surface area contributed by atoms with Crippen LogP contribution in [0.3, 0.4) is 0 Å². The average Bonchev–Trinajstić information content (AvgIpc) is 2.46. The lowest BCUT2D eigenvalue weighted by Crippen LogP contribution is -2.46. The Hall–Kier alpha value is -2.04. The van der Waals surface area contributed by atoms with Gasteiger partial charge in [0.2, 0.25) is 0 Å². The van der Waals surface area contributed by atoms with E-state index in [0.29, 0.717) is 24.4 Å². The number of benzene rings is 1. The minimum Gasteiger partial charge on any atom is -0.488 e. The highest BCUT2D eigenvalue weighted by Crippen LogP contribution is 2.24. The molecule has 1 aromatic carbocycles. The van der Waals surface area contributed by atoms with Crippen LogP contribution in [0.1, 0.15) is 50.9 Å². The maximum atomic E-state index is 12.2. The number of piperidine rings is 1. The summed E-state index contributed by atoms with van der Waals surface area (Å²) < 4.78 is 11.4. The van der Waals surface area contributed by atoms with Gasteiger partial charge in [0.05, 0.1) is 12.1 Å². The zero-order valence-corrected chi connectivity index (χ0v) is 14.3. The van der Waals surface area contributed by atoms with Crippen molar-refractivity contribution < 1.29 is 19.1 Å². The number of carbonyl (C=O) groups excluding carboxylic acids is 2. The molecule has 0 N–H and O–H groups in total. The molecule has 1 fully saturated rings. The van der Waals surface area contributed by atoms with Crippen molar-refractivity contribution in [2.45, 2.75) is 52.2 Å². The van der Waals surface area contributed by atoms with Gasteiger partial charge in [-0.15, -0.1) is 0 Å². The molecule has 23 heavy (non-hydrogen) atoms. The lowest BCUT2D eigenvalue weighted by Gasteiger charge is -2.34. The molecule has 1 atom stereocenters. The maximum Gasteiger partial charge on any atom is 0.410 e. The highest BCUT2D eigenvalue weighted by atomic mass is 16.6. The van der Waals surface area contributed by atoms with E-state index in [-0.39, 0.29) is 18.0 Å². The molecule has 0 spiro atoms. The molecule has 5 heteroatoms. The van der Waals surface area contributed by atoms with Crippen LogP contribution in [0.4, 0.5) is 4.79 Å². The normalized spacial score (nSPS) is 18.4. The Morgan fingerprint density at radius 2 is 1.91 bits per heavy atom. The standard InChI is InChI=1S/C18H25NO4/c1-13(20)15-9-5-6-10-16(15)22-14-8-7-11-19(12-14)17(21)23-18(2,3)4/h5-6,9-10,14H,7-8,11-12H2,1-4H3. The first kappa shape index (κ1) is 17.3. The van der Waals surface area contributed by atoms with Crippen molar-refractivity contribution >= 4 is 11.9 Å². The predicted octanol–water partition coefficient (Wildman–Crippen LogP) is 3.67. The number of ether oxygens (including phenoxy) is 2. The first-order chi connectivity index (χ1) is 10.8. The summed E-state index contributed by atoms with van der Waals surface area (Å²) in [5.41, 5.74) is 0.0634. The summed E-state index contributed by atoms with van der Waals surface area (Å²) in [6.45, 7) is 8.23. The smallest absolute Gasteiger partial charge is 0.410 e. The summed E-state index contributed by atoms with van der Waals surface area (Å²) >= 11 is 0. The van der Waals surface area contributed by atoms with Gasteiger partial charge in [0.25, 0.3) is 0 Å². The molecule has 1 aliphatic rings. The number of carbonyl (C=O) groups is 2. The highest BCUT2D eigenvalue weighted by Gasteiger charge is 2.29. The molecule has 5 nitrogen and oxygen atoms in total. The number of nitrogens with zero attached hydrogens (tertiary/aromatic N) is 1. The van der Waals surface area contributed by atoms with Crippen molar-refractivity contribution in [3.63, 3.8) is 0 Å². The van der Waals surface area contributed by atoms with E-state index in [0.717, 1.165) is 12.8 Å². The van der Waals surface area contributed by atoms with E-state index in [2.05, 4.69) is 0 Å². The molecular formula is C18H25NO4. The first-order valence-electron chi connectivity index (χ1n) is 8.01. The Kier molecular flexibility index (Phi) is 5.29. The Balaban J connectivity index is 2.02. The molecule has 0 bridgehead atoms. The highest BCUT2D eigenvalue weighted by molar-refractivity contribution is 5.96. The summed E-state index contributed by atoms with van der Waals surface area (Å²) in [7, 11) is 0. The zero-order chi connectivity index (χ0) is 17.0. The van der Waals surface area contributed by atoms with Crippen molar-refractivity contribution in [3.8, 4) is 5.75 Å². The number of hydrogen-bond acceptors (Lipinski definition) is 4. The Morgan fingerprint density at radius 1 is 1.22 bits per heavy atom. The van der Waals surface area contributed by atoms with Crippen molar-refractivity contribution in [3.05, 3.63) is 29.8 Å². The number of Topliss-reactive ketones (excluding diaryl/α,β-unsaturated/α-hetero) is 1. The molecule has 1 amide bonds. The van der Waals surface area contributed by atoms with Gasteiger partial charge in [-0.1, -0.05) is 12.1 Å². The van der Waals surface area contributed by atoms with Crippen LogP contribution in [0.2, 0.25) is 0 Å². The number of amides is 1. The lowest BCUT2D eigenvalue weighted by molar-refractivity contribution is 0.00763. The van der Waals surface area contributed by atoms with Crippen LogP contribution in [-0.2, 0) is 4.74 Å². The van der Waals surface area contributed by atoms with Crippen LogP contribution in [-0.4, -0.2) is 41.6 Å². The quantitative estimate of drug-likeness (QED) is 0.798. The van der Waals surface area contributed by atoms with E-state index >= 15 is 0 Å². The van der Waals surface area contributed by atoms with Gasteiger partial charge in [0, 0.05) is 6.54 Å². The molecule has 0 radical (unpaired) electrons. The average molecular weight is 319 g/mol. The van der Waals surface area contributed by atoms with Crippen molar-refractivity contribution in [2.75, 3.05) is 13.1 Å². The second kappa shape index (κ2) is 7.02. The molecule has 1 heterocycles. The van der Waals surface area contributed by atoms with Crippen LogP contribution in [0.15, 0.2) is 24.3 Å². The summed E-state index contributed by atoms with van der Waals surface area (Å²) in [5.74, 6) is 0.552. The summed E-state index contributed by atoms with van der Waals surface area (Å²) in [5, 5.41) is 0. The number of hydrogen-bond donors (Lipinski definition) is 0. The van der Waals surface area contributed by atoms with Crippen LogP contribution < -0.4 is 4.74 Å². The number of likely N-dealkylation sites (tertiary alicyclic amines) is 1. The Labute approximate surface area is 137 Å². The fraction of sp³-hybridized carbons (Fsp3) is 0.556. The van der Waals surface area contributed by atoms with E-state index in [4.69, 9.17) is 9.47 Å². The van der Waals surface area contributed by atoms with Gasteiger partial charge in [-0.25, -0.2) is 4.79 Å². The van der Waals surface area contributed by atoms with Crippen LogP contribution in [0.25, 0.3) is 0 Å². The second-order valence-electron chi connectivity index (χ2n) is 6.86. The lowest BCUT2D eigenvalue weighted by atomic mass is 10.1. The summed E-state index contributed by atoms with van der Waals surface area (Å²) in [4.78, 5) is 25.5. The molecule has 0 saturated carbocycles. The molecule has 1 saturated heterocycles. The fourth-order valence-corrected chi connectivity index (χ4v) is 2.57. The summed E-state index contributed by atoms with van der Waals surface area (Å²) in [6, 6.07) is 7.21. The van der Waals surface area contributed by atoms with Gasteiger partial charge >= 0.3 is 6.09 Å². The topological polar surface area (TPSA) is 55.8 Å². The second-order valence-corrected chi connectivity index (χ2v) is 6.86. The van der Waals surface area contributed by atoms with Gasteiger partial charge < -0.3 is 14.4 Å². The number of ketones is 1. The monoisotopic (exact) mass is 319 g/mol. The molecule has 2 rings (SSSR count). The predicted molar refractivity (Wildman–Crippen MR) is 87.9 cm³/mol. The van der Waals surface area contributed by atoms with E-state index in [9.17, 15) is 9.59 Å². The molecule has 126 valence electrons. The minimum atomic E-state index is -0.508. The third kappa shape index (κ3) is 4.98. The molecule has 0 aliphatic carbocycles. The van der Waals surface area contributed by atoms with E-state index in [1.165, 1.54) is 6.92 Å². The van der Waals surface area contributed by atoms with Crippen LogP contribution in [0.5, 0.6) is 5.75 Å². The molecule has 0 aromatic heterocycles. The molecular weight excluding hydrogens is 294 g/mol. The van der Waals surface area contributed by atoms with Gasteiger partial charge in [0.1, 0.15) is 17.5 Å². The van der Waals surface area contributed by atoms with Crippen molar-refractivity contribution in [1.29, 1.82) is 0 Å². The van der Waals surface area contributed by atoms with E-state index in [1.54, 1.807) is 17.0 Å². The van der Waals surface area contributed by atoms with E-state index < -0.39 is 5.60 Å². The minimum absolute atomic E-state index is 0.0274. The van der Waals surface area contributed by atoms with Gasteiger partial charge in [-0.3, -0.25) is 4.79 Å². The van der Waals surface area contributed by atoms with Crippen molar-refractivity contribution in [1.82, 2.24) is 4.90 Å². The van der Waals surface area contributed by atoms with Gasteiger partial charge in [-0.2, -0.15) is 0 Å². The molecule has 1 unspecified atom stereocenters. The zero-order valence-electron chi connectivity index (χ0n) is 14.3. The van der Waals surface area contributed by atoms with Crippen LogP contribution >= 0.6 is 0 Å². The Morgan fingerprint density at radius 3 is 2.57 bits per heavy atom. The van der Waals surface area contributed by atoms with E-state index in [1.807, 2.05) is 32.9 Å². The molecule has 1 aliphatic heterocycles. The first-order valence-corrected chi connectivity index (χ1v) is 8.01. The Bertz CT molecular complexity index is 577. The van der Waals surface area contributed by atoms with Crippen LogP contribution in [0, 0.1) is 0 Å². The third-order valence-corrected chi connectivity index (χ3v) is 3.59. The van der Waals surface area contributed by atoms with Gasteiger partial charge in [0.15, 0.2) is 5.78 Å².